The van der Waals surface area contributed by atoms with Crippen LogP contribution in [0.5, 0.6) is 5.75 Å². The zero-order chi connectivity index (χ0) is 15.5. The van der Waals surface area contributed by atoms with Crippen LogP contribution in [0, 0.1) is 5.92 Å². The van der Waals surface area contributed by atoms with E-state index in [1.807, 2.05) is 24.3 Å². The summed E-state index contributed by atoms with van der Waals surface area (Å²) in [4.78, 5) is 10.4. The van der Waals surface area contributed by atoms with Crippen molar-refractivity contribution in [1.82, 2.24) is 0 Å². The molecule has 0 aliphatic heterocycles. The van der Waals surface area contributed by atoms with Crippen LogP contribution in [0.3, 0.4) is 0 Å². The standard InChI is InChI=1S/C18H26O3/c1-3-5-6-7-15(4-2)14-21-17-11-8-16(9-12-17)10-13-18(19)20/h8-13,15H,3-7,14H2,1-2H3,(H,19,20). The number of ether oxygens (including phenoxy) is 1. The molecule has 0 saturated heterocycles. The number of carboxylic acids is 1. The van der Waals surface area contributed by atoms with Gasteiger partial charge in [0.1, 0.15) is 5.75 Å². The Hall–Kier alpha value is -1.77. The molecule has 1 atom stereocenters. The summed E-state index contributed by atoms with van der Waals surface area (Å²) in [6.07, 6.45) is 8.90. The Balaban J connectivity index is 2.42. The molecule has 0 bridgehead atoms. The van der Waals surface area contributed by atoms with Gasteiger partial charge in [0.25, 0.3) is 0 Å². The Labute approximate surface area is 127 Å². The molecular formula is C18H26O3. The van der Waals surface area contributed by atoms with Crippen molar-refractivity contribution in [3.05, 3.63) is 35.9 Å². The summed E-state index contributed by atoms with van der Waals surface area (Å²) in [6.45, 7) is 5.18. The molecule has 0 aliphatic carbocycles. The smallest absolute Gasteiger partial charge is 0.328 e. The van der Waals surface area contributed by atoms with Gasteiger partial charge in [0.05, 0.1) is 6.61 Å². The van der Waals surface area contributed by atoms with E-state index in [1.165, 1.54) is 25.7 Å². The van der Waals surface area contributed by atoms with E-state index in [9.17, 15) is 4.79 Å². The zero-order valence-corrected chi connectivity index (χ0v) is 13.0. The van der Waals surface area contributed by atoms with Gasteiger partial charge in [-0.3, -0.25) is 0 Å². The van der Waals surface area contributed by atoms with Gasteiger partial charge in [-0.15, -0.1) is 0 Å². The molecule has 3 heteroatoms. The quantitative estimate of drug-likeness (QED) is 0.498. The van der Waals surface area contributed by atoms with E-state index in [-0.39, 0.29) is 0 Å². The van der Waals surface area contributed by atoms with Crippen molar-refractivity contribution in [3.63, 3.8) is 0 Å². The van der Waals surface area contributed by atoms with Crippen molar-refractivity contribution in [2.24, 2.45) is 5.92 Å². The topological polar surface area (TPSA) is 46.5 Å². The maximum absolute atomic E-state index is 10.4. The van der Waals surface area contributed by atoms with Crippen molar-refractivity contribution >= 4 is 12.0 Å². The van der Waals surface area contributed by atoms with Crippen molar-refractivity contribution in [3.8, 4) is 5.75 Å². The molecule has 0 saturated carbocycles. The highest BCUT2D eigenvalue weighted by Crippen LogP contribution is 2.18. The molecule has 0 aromatic heterocycles. The third-order valence-corrected chi connectivity index (χ3v) is 3.58. The number of hydrogen-bond acceptors (Lipinski definition) is 2. The molecule has 0 amide bonds. The first-order valence-corrected chi connectivity index (χ1v) is 7.79. The predicted octanol–water partition coefficient (Wildman–Crippen LogP) is 4.77. The predicted molar refractivity (Wildman–Crippen MR) is 86.5 cm³/mol. The summed E-state index contributed by atoms with van der Waals surface area (Å²) in [5.41, 5.74) is 0.861. The summed E-state index contributed by atoms with van der Waals surface area (Å²) in [7, 11) is 0. The highest BCUT2D eigenvalue weighted by Gasteiger charge is 2.07. The second kappa shape index (κ2) is 10.0. The minimum atomic E-state index is -0.937. The van der Waals surface area contributed by atoms with Gasteiger partial charge in [0, 0.05) is 6.08 Å². The monoisotopic (exact) mass is 290 g/mol. The van der Waals surface area contributed by atoms with Gasteiger partial charge in [-0.1, -0.05) is 51.7 Å². The van der Waals surface area contributed by atoms with Gasteiger partial charge in [0.2, 0.25) is 0 Å². The van der Waals surface area contributed by atoms with E-state index in [0.29, 0.717) is 5.92 Å². The lowest BCUT2D eigenvalue weighted by molar-refractivity contribution is -0.131. The third-order valence-electron chi connectivity index (χ3n) is 3.58. The maximum Gasteiger partial charge on any atom is 0.328 e. The molecule has 116 valence electrons. The van der Waals surface area contributed by atoms with E-state index in [1.54, 1.807) is 6.08 Å². The third kappa shape index (κ3) is 7.54. The largest absolute Gasteiger partial charge is 0.493 e. The molecule has 0 heterocycles. The van der Waals surface area contributed by atoms with Gasteiger partial charge in [0.15, 0.2) is 0 Å². The first-order chi connectivity index (χ1) is 10.2. The highest BCUT2D eigenvalue weighted by molar-refractivity contribution is 5.85. The van der Waals surface area contributed by atoms with E-state index < -0.39 is 5.97 Å². The number of unbranched alkanes of at least 4 members (excludes halogenated alkanes) is 2. The summed E-state index contributed by atoms with van der Waals surface area (Å²) in [5.74, 6) is 0.521. The molecule has 0 aliphatic rings. The second-order valence-electron chi connectivity index (χ2n) is 5.32. The number of benzene rings is 1. The molecule has 1 N–H and O–H groups in total. The Kier molecular flexibility index (Phi) is 8.25. The number of carbonyl (C=O) groups is 1. The number of aliphatic carboxylic acids is 1. The molecule has 1 rings (SSSR count). The first-order valence-electron chi connectivity index (χ1n) is 7.79. The van der Waals surface area contributed by atoms with Gasteiger partial charge in [-0.05, 0) is 36.1 Å². The van der Waals surface area contributed by atoms with Crippen LogP contribution in [0.2, 0.25) is 0 Å². The van der Waals surface area contributed by atoms with Crippen molar-refractivity contribution in [2.75, 3.05) is 6.61 Å². The fourth-order valence-corrected chi connectivity index (χ4v) is 2.15. The molecule has 1 unspecified atom stereocenters. The van der Waals surface area contributed by atoms with Crippen LogP contribution in [-0.2, 0) is 4.79 Å². The molecular weight excluding hydrogens is 264 g/mol. The number of rotatable bonds is 10. The second-order valence-corrected chi connectivity index (χ2v) is 5.32. The Bertz CT molecular complexity index is 434. The average molecular weight is 290 g/mol. The fraction of sp³-hybridized carbons (Fsp3) is 0.500. The Morgan fingerprint density at radius 1 is 1.24 bits per heavy atom. The lowest BCUT2D eigenvalue weighted by Gasteiger charge is -2.15. The minimum Gasteiger partial charge on any atom is -0.493 e. The molecule has 1 aromatic rings. The van der Waals surface area contributed by atoms with Crippen LogP contribution in [-0.4, -0.2) is 17.7 Å². The van der Waals surface area contributed by atoms with Gasteiger partial charge >= 0.3 is 5.97 Å². The lowest BCUT2D eigenvalue weighted by Crippen LogP contribution is -2.11. The average Bonchev–Trinajstić information content (AvgIpc) is 2.49. The summed E-state index contributed by atoms with van der Waals surface area (Å²) >= 11 is 0. The number of carboxylic acid groups (broad SMARTS) is 1. The summed E-state index contributed by atoms with van der Waals surface area (Å²) < 4.78 is 5.83. The fourth-order valence-electron chi connectivity index (χ4n) is 2.15. The Morgan fingerprint density at radius 3 is 2.52 bits per heavy atom. The van der Waals surface area contributed by atoms with Gasteiger partial charge < -0.3 is 9.84 Å². The highest BCUT2D eigenvalue weighted by atomic mass is 16.5. The Morgan fingerprint density at radius 2 is 1.95 bits per heavy atom. The maximum atomic E-state index is 10.4. The molecule has 0 fully saturated rings. The van der Waals surface area contributed by atoms with Crippen molar-refractivity contribution < 1.29 is 14.6 Å². The molecule has 21 heavy (non-hydrogen) atoms. The van der Waals surface area contributed by atoms with Crippen molar-refractivity contribution in [1.29, 1.82) is 0 Å². The lowest BCUT2D eigenvalue weighted by atomic mass is 10.00. The summed E-state index contributed by atoms with van der Waals surface area (Å²) in [6, 6.07) is 7.51. The van der Waals surface area contributed by atoms with Crippen LogP contribution < -0.4 is 4.74 Å². The van der Waals surface area contributed by atoms with Crippen LogP contribution in [0.15, 0.2) is 30.3 Å². The van der Waals surface area contributed by atoms with E-state index in [4.69, 9.17) is 9.84 Å². The van der Waals surface area contributed by atoms with Crippen LogP contribution in [0.25, 0.3) is 6.08 Å². The van der Waals surface area contributed by atoms with Crippen molar-refractivity contribution in [2.45, 2.75) is 46.0 Å². The molecule has 0 radical (unpaired) electrons. The molecule has 3 nitrogen and oxygen atoms in total. The van der Waals surface area contributed by atoms with E-state index >= 15 is 0 Å². The number of hydrogen-bond donors (Lipinski definition) is 1. The minimum absolute atomic E-state index is 0.614. The van der Waals surface area contributed by atoms with Crippen LogP contribution >= 0.6 is 0 Å². The van der Waals surface area contributed by atoms with Crippen LogP contribution in [0.1, 0.15) is 51.5 Å². The SMILES string of the molecule is CCCCCC(CC)COc1ccc(C=CC(=O)O)cc1. The first kappa shape index (κ1) is 17.3. The van der Waals surface area contributed by atoms with E-state index in [2.05, 4.69) is 13.8 Å². The van der Waals surface area contributed by atoms with Gasteiger partial charge in [-0.2, -0.15) is 0 Å². The normalized spacial score (nSPS) is 12.5. The molecule has 1 aromatic carbocycles. The van der Waals surface area contributed by atoms with Gasteiger partial charge in [-0.25, -0.2) is 4.79 Å². The summed E-state index contributed by atoms with van der Waals surface area (Å²) in [5, 5.41) is 8.58. The van der Waals surface area contributed by atoms with Crippen LogP contribution in [0.4, 0.5) is 0 Å². The molecule has 0 spiro atoms. The zero-order valence-electron chi connectivity index (χ0n) is 13.0. The van der Waals surface area contributed by atoms with E-state index in [0.717, 1.165) is 30.4 Å².